The van der Waals surface area contributed by atoms with Gasteiger partial charge in [-0.15, -0.1) is 5.10 Å². The molecule has 2 aromatic carbocycles. The van der Waals surface area contributed by atoms with Crippen LogP contribution in [-0.2, 0) is 24.3 Å². The van der Waals surface area contributed by atoms with Crippen molar-refractivity contribution in [1.82, 2.24) is 20.3 Å². The van der Waals surface area contributed by atoms with Gasteiger partial charge in [0.25, 0.3) is 5.91 Å². The number of carbonyl (C=O) groups is 1. The Morgan fingerprint density at radius 1 is 1.21 bits per heavy atom. The minimum absolute atomic E-state index is 0.128. The molecule has 4 rings (SSSR count). The zero-order valence-electron chi connectivity index (χ0n) is 16.4. The molecule has 1 aliphatic rings. The number of hydrogen-bond donors (Lipinski definition) is 1. The molecule has 7 heteroatoms. The first kappa shape index (κ1) is 19.1. The fourth-order valence-corrected chi connectivity index (χ4v) is 3.43. The van der Waals surface area contributed by atoms with Crippen LogP contribution in [0.15, 0.2) is 54.6 Å². The Kier molecular flexibility index (Phi) is 5.86. The third-order valence-corrected chi connectivity index (χ3v) is 5.07. The van der Waals surface area contributed by atoms with Crippen LogP contribution in [0, 0.1) is 0 Å². The van der Waals surface area contributed by atoms with Gasteiger partial charge in [-0.3, -0.25) is 4.79 Å². The highest BCUT2D eigenvalue weighted by Crippen LogP contribution is 2.28. The Morgan fingerprint density at radius 2 is 2.00 bits per heavy atom. The van der Waals surface area contributed by atoms with E-state index in [0.717, 1.165) is 29.8 Å². The summed E-state index contributed by atoms with van der Waals surface area (Å²) in [6.07, 6.45) is 1.67. The van der Waals surface area contributed by atoms with Crippen LogP contribution in [0.4, 0.5) is 0 Å². The second kappa shape index (κ2) is 8.87. The van der Waals surface area contributed by atoms with Gasteiger partial charge in [-0.05, 0) is 36.1 Å². The molecular formula is C22H24N4O3. The quantitative estimate of drug-likeness (QED) is 0.626. The molecule has 29 heavy (non-hydrogen) atoms. The van der Waals surface area contributed by atoms with E-state index in [2.05, 4.69) is 27.8 Å². The van der Waals surface area contributed by atoms with Crippen molar-refractivity contribution in [3.63, 3.8) is 0 Å². The molecule has 1 aromatic heterocycles. The maximum Gasteiger partial charge on any atom is 0.273 e. The van der Waals surface area contributed by atoms with E-state index < -0.39 is 0 Å². The summed E-state index contributed by atoms with van der Waals surface area (Å²) in [7, 11) is 1.64. The molecule has 0 spiro atoms. The van der Waals surface area contributed by atoms with Gasteiger partial charge in [-0.1, -0.05) is 47.7 Å². The fraction of sp³-hybridized carbons (Fsp3) is 0.318. The van der Waals surface area contributed by atoms with Gasteiger partial charge in [-0.2, -0.15) is 0 Å². The molecule has 7 nitrogen and oxygen atoms in total. The van der Waals surface area contributed by atoms with Crippen molar-refractivity contribution in [2.75, 3.05) is 13.7 Å². The average molecular weight is 392 g/mol. The summed E-state index contributed by atoms with van der Waals surface area (Å²) < 4.78 is 12.9. The molecule has 1 amide bonds. The van der Waals surface area contributed by atoms with Crippen molar-refractivity contribution in [2.24, 2.45) is 0 Å². The van der Waals surface area contributed by atoms with Crippen LogP contribution >= 0.6 is 0 Å². The number of methoxy groups -OCH3 is 1. The summed E-state index contributed by atoms with van der Waals surface area (Å²) in [6.45, 7) is 1.42. The van der Waals surface area contributed by atoms with Gasteiger partial charge in [0.15, 0.2) is 5.69 Å². The SMILES string of the molecule is COc1ccc(C2Cn3nnc(C(=O)NCCCc4ccccc4)c3CO2)cc1. The fourth-order valence-electron chi connectivity index (χ4n) is 3.43. The van der Waals surface area contributed by atoms with E-state index in [1.807, 2.05) is 42.5 Å². The lowest BCUT2D eigenvalue weighted by Gasteiger charge is -2.24. The van der Waals surface area contributed by atoms with Gasteiger partial charge in [-0.25, -0.2) is 4.68 Å². The third kappa shape index (κ3) is 4.46. The third-order valence-electron chi connectivity index (χ3n) is 5.07. The van der Waals surface area contributed by atoms with Gasteiger partial charge in [0.2, 0.25) is 0 Å². The first-order valence-corrected chi connectivity index (χ1v) is 9.74. The Morgan fingerprint density at radius 3 is 2.76 bits per heavy atom. The summed E-state index contributed by atoms with van der Waals surface area (Å²) in [4.78, 5) is 12.5. The Bertz CT molecular complexity index is 954. The molecule has 0 saturated carbocycles. The number of aromatic nitrogens is 3. The lowest BCUT2D eigenvalue weighted by molar-refractivity contribution is -0.00179. The zero-order valence-corrected chi connectivity index (χ0v) is 16.4. The van der Waals surface area contributed by atoms with Crippen molar-refractivity contribution in [3.8, 4) is 5.75 Å². The molecule has 1 N–H and O–H groups in total. The molecule has 1 unspecified atom stereocenters. The number of nitrogens with zero attached hydrogens (tertiary/aromatic N) is 3. The number of hydrogen-bond acceptors (Lipinski definition) is 5. The van der Waals surface area contributed by atoms with Crippen LogP contribution < -0.4 is 10.1 Å². The monoisotopic (exact) mass is 392 g/mol. The predicted octanol–water partition coefficient (Wildman–Crippen LogP) is 2.92. The number of benzene rings is 2. The number of carbonyl (C=O) groups excluding carboxylic acids is 1. The topological polar surface area (TPSA) is 78.3 Å². The molecule has 0 saturated heterocycles. The highest BCUT2D eigenvalue weighted by Gasteiger charge is 2.27. The summed E-state index contributed by atoms with van der Waals surface area (Å²) in [5, 5.41) is 11.2. The van der Waals surface area contributed by atoms with E-state index in [1.165, 1.54) is 5.56 Å². The van der Waals surface area contributed by atoms with Crippen molar-refractivity contribution in [2.45, 2.75) is 32.1 Å². The average Bonchev–Trinajstić information content (AvgIpc) is 3.21. The Labute approximate surface area is 169 Å². The summed E-state index contributed by atoms with van der Waals surface area (Å²) in [5.74, 6) is 0.600. The summed E-state index contributed by atoms with van der Waals surface area (Å²) in [6, 6.07) is 18.0. The van der Waals surface area contributed by atoms with Crippen LogP contribution in [0.1, 0.15) is 39.8 Å². The molecule has 0 aliphatic carbocycles. The minimum Gasteiger partial charge on any atom is -0.497 e. The second-order valence-electron chi connectivity index (χ2n) is 6.98. The molecule has 2 heterocycles. The second-order valence-corrected chi connectivity index (χ2v) is 6.98. The maximum atomic E-state index is 12.5. The van der Waals surface area contributed by atoms with Gasteiger partial charge < -0.3 is 14.8 Å². The van der Waals surface area contributed by atoms with Gasteiger partial charge in [0.05, 0.1) is 26.0 Å². The largest absolute Gasteiger partial charge is 0.497 e. The lowest BCUT2D eigenvalue weighted by Crippen LogP contribution is -2.28. The number of fused-ring (bicyclic) bond motifs is 1. The van der Waals surface area contributed by atoms with E-state index in [4.69, 9.17) is 9.47 Å². The predicted molar refractivity (Wildman–Crippen MR) is 108 cm³/mol. The molecule has 1 atom stereocenters. The molecular weight excluding hydrogens is 368 g/mol. The number of amides is 1. The van der Waals surface area contributed by atoms with Crippen LogP contribution in [-0.4, -0.2) is 34.6 Å². The van der Waals surface area contributed by atoms with Crippen LogP contribution in [0.2, 0.25) is 0 Å². The standard InChI is InChI=1S/C22H24N4O3/c1-28-18-11-9-17(10-12-18)20-14-26-19(15-29-20)21(24-25-26)22(27)23-13-5-8-16-6-3-2-4-7-16/h2-4,6-7,9-12,20H,5,8,13-15H2,1H3,(H,23,27). The highest BCUT2D eigenvalue weighted by atomic mass is 16.5. The van der Waals surface area contributed by atoms with Crippen LogP contribution in [0.25, 0.3) is 0 Å². The normalized spacial score (nSPS) is 15.6. The van der Waals surface area contributed by atoms with Crippen molar-refractivity contribution < 1.29 is 14.3 Å². The molecule has 1 aliphatic heterocycles. The number of ether oxygens (including phenoxy) is 2. The first-order chi connectivity index (χ1) is 14.2. The molecule has 0 fully saturated rings. The molecule has 3 aromatic rings. The summed E-state index contributed by atoms with van der Waals surface area (Å²) in [5.41, 5.74) is 3.37. The van der Waals surface area contributed by atoms with Crippen molar-refractivity contribution in [1.29, 1.82) is 0 Å². The van der Waals surface area contributed by atoms with Crippen LogP contribution in [0.3, 0.4) is 0 Å². The molecule has 0 bridgehead atoms. The molecule has 0 radical (unpaired) electrons. The number of nitrogens with one attached hydrogen (secondary N) is 1. The lowest BCUT2D eigenvalue weighted by atomic mass is 10.1. The Balaban J connectivity index is 1.33. The van der Waals surface area contributed by atoms with Gasteiger partial charge >= 0.3 is 0 Å². The number of aryl methyl sites for hydroxylation is 1. The highest BCUT2D eigenvalue weighted by molar-refractivity contribution is 5.93. The van der Waals surface area contributed by atoms with E-state index in [0.29, 0.717) is 25.4 Å². The van der Waals surface area contributed by atoms with E-state index in [-0.39, 0.29) is 12.0 Å². The van der Waals surface area contributed by atoms with Crippen molar-refractivity contribution in [3.05, 3.63) is 77.1 Å². The van der Waals surface area contributed by atoms with Gasteiger partial charge in [0, 0.05) is 6.54 Å². The summed E-state index contributed by atoms with van der Waals surface area (Å²) >= 11 is 0. The smallest absolute Gasteiger partial charge is 0.273 e. The van der Waals surface area contributed by atoms with E-state index >= 15 is 0 Å². The minimum atomic E-state index is -0.203. The van der Waals surface area contributed by atoms with E-state index in [9.17, 15) is 4.79 Å². The maximum absolute atomic E-state index is 12.5. The van der Waals surface area contributed by atoms with Crippen LogP contribution in [0.5, 0.6) is 5.75 Å². The zero-order chi connectivity index (χ0) is 20.1. The first-order valence-electron chi connectivity index (χ1n) is 9.74. The van der Waals surface area contributed by atoms with Gasteiger partial charge in [0.1, 0.15) is 11.9 Å². The molecule has 150 valence electrons. The Hall–Kier alpha value is -3.19. The van der Waals surface area contributed by atoms with Crippen molar-refractivity contribution >= 4 is 5.91 Å². The number of rotatable bonds is 7. The van der Waals surface area contributed by atoms with E-state index in [1.54, 1.807) is 11.8 Å².